The average molecular weight is 375 g/mol. The van der Waals surface area contributed by atoms with Crippen molar-refractivity contribution >= 4 is 23.2 Å². The number of aryl methyl sites for hydroxylation is 1. The smallest absolute Gasteiger partial charge is 0.264 e. The van der Waals surface area contributed by atoms with Crippen molar-refractivity contribution in [1.29, 1.82) is 0 Å². The van der Waals surface area contributed by atoms with Gasteiger partial charge in [0.2, 0.25) is 5.91 Å². The Morgan fingerprint density at radius 3 is 2.42 bits per heavy atom. The zero-order chi connectivity index (χ0) is 19.3. The van der Waals surface area contributed by atoms with Gasteiger partial charge in [-0.15, -0.1) is 11.3 Å². The number of hydrogen-bond acceptors (Lipinski definition) is 4. The summed E-state index contributed by atoms with van der Waals surface area (Å²) in [5.74, 6) is 0.546. The summed E-state index contributed by atoms with van der Waals surface area (Å²) in [5, 5.41) is 2.83. The van der Waals surface area contributed by atoms with E-state index in [2.05, 4.69) is 5.32 Å². The van der Waals surface area contributed by atoms with Crippen molar-refractivity contribution in [2.45, 2.75) is 33.7 Å². The first-order chi connectivity index (χ1) is 12.3. The van der Waals surface area contributed by atoms with Crippen LogP contribution in [0.25, 0.3) is 11.1 Å². The highest BCUT2D eigenvalue weighted by Crippen LogP contribution is 2.32. The molecule has 2 amide bonds. The molecule has 1 aromatic heterocycles. The van der Waals surface area contributed by atoms with Crippen LogP contribution in [0.4, 0.5) is 0 Å². The fourth-order valence-electron chi connectivity index (χ4n) is 2.67. The van der Waals surface area contributed by atoms with Crippen LogP contribution in [0.5, 0.6) is 5.75 Å². The molecule has 0 spiro atoms. The Balaban J connectivity index is 2.19. The minimum atomic E-state index is -0.140. The van der Waals surface area contributed by atoms with Crippen molar-refractivity contribution in [3.8, 4) is 16.9 Å². The third-order valence-corrected chi connectivity index (χ3v) is 5.02. The van der Waals surface area contributed by atoms with Crippen LogP contribution in [0.1, 0.15) is 35.3 Å². The molecular weight excluding hydrogens is 348 g/mol. The Kier molecular flexibility index (Phi) is 6.80. The van der Waals surface area contributed by atoms with E-state index in [4.69, 9.17) is 4.74 Å². The third-order valence-electron chi connectivity index (χ3n) is 3.98. The van der Waals surface area contributed by atoms with Crippen LogP contribution in [-0.4, -0.2) is 43.0 Å². The molecule has 0 saturated heterocycles. The van der Waals surface area contributed by atoms with Gasteiger partial charge in [0, 0.05) is 17.5 Å². The average Bonchev–Trinajstić information content (AvgIpc) is 3.00. The van der Waals surface area contributed by atoms with Gasteiger partial charge < -0.3 is 15.0 Å². The lowest BCUT2D eigenvalue weighted by Crippen LogP contribution is -2.42. The van der Waals surface area contributed by atoms with Crippen LogP contribution in [0.2, 0.25) is 0 Å². The number of benzene rings is 1. The molecule has 0 aliphatic heterocycles. The van der Waals surface area contributed by atoms with Crippen LogP contribution in [0.3, 0.4) is 0 Å². The molecule has 0 saturated carbocycles. The Morgan fingerprint density at radius 1 is 1.23 bits per heavy atom. The second-order valence-corrected chi connectivity index (χ2v) is 7.61. The highest BCUT2D eigenvalue weighted by molar-refractivity contribution is 7.14. The lowest BCUT2D eigenvalue weighted by Gasteiger charge is -2.20. The molecule has 2 aromatic rings. The molecule has 6 heteroatoms. The number of hydrogen-bond donors (Lipinski definition) is 1. The third kappa shape index (κ3) is 4.85. The van der Waals surface area contributed by atoms with Crippen LogP contribution in [0.15, 0.2) is 30.3 Å². The molecule has 26 heavy (non-hydrogen) atoms. The zero-order valence-corrected chi connectivity index (χ0v) is 16.8. The largest absolute Gasteiger partial charge is 0.497 e. The van der Waals surface area contributed by atoms with Gasteiger partial charge in [-0.1, -0.05) is 12.1 Å². The maximum absolute atomic E-state index is 12.8. The van der Waals surface area contributed by atoms with Gasteiger partial charge in [0.1, 0.15) is 5.75 Å². The minimum absolute atomic E-state index is 0.0574. The van der Waals surface area contributed by atoms with E-state index < -0.39 is 0 Å². The van der Waals surface area contributed by atoms with Crippen molar-refractivity contribution in [2.75, 3.05) is 20.2 Å². The highest BCUT2D eigenvalue weighted by Gasteiger charge is 2.21. The van der Waals surface area contributed by atoms with E-state index >= 15 is 0 Å². The van der Waals surface area contributed by atoms with E-state index in [0.717, 1.165) is 21.8 Å². The number of nitrogens with one attached hydrogen (secondary N) is 1. The Hall–Kier alpha value is -2.34. The molecular formula is C20H26N2O3S. The Morgan fingerprint density at radius 2 is 1.88 bits per heavy atom. The fraction of sp³-hybridized carbons (Fsp3) is 0.400. The van der Waals surface area contributed by atoms with Gasteiger partial charge in [0.05, 0.1) is 18.5 Å². The Labute approximate surface area is 159 Å². The monoisotopic (exact) mass is 374 g/mol. The van der Waals surface area contributed by atoms with Crippen LogP contribution in [0, 0.1) is 6.92 Å². The highest BCUT2D eigenvalue weighted by atomic mass is 32.1. The van der Waals surface area contributed by atoms with E-state index in [-0.39, 0.29) is 24.4 Å². The van der Waals surface area contributed by atoms with Gasteiger partial charge in [-0.05, 0) is 57.0 Å². The van der Waals surface area contributed by atoms with Crippen LogP contribution >= 0.6 is 11.3 Å². The number of nitrogens with zero attached hydrogens (tertiary/aromatic N) is 1. The van der Waals surface area contributed by atoms with Gasteiger partial charge >= 0.3 is 0 Å². The van der Waals surface area contributed by atoms with Gasteiger partial charge in [-0.3, -0.25) is 9.59 Å². The maximum atomic E-state index is 12.8. The molecule has 2 rings (SSSR count). The number of carbonyl (C=O) groups excluding carboxylic acids is 2. The molecule has 5 nitrogen and oxygen atoms in total. The SMILES string of the molecule is CCN(CC(=O)NC(C)C)C(=O)c1cc(-c2ccc(OC)cc2)c(C)s1. The Bertz CT molecular complexity index is 766. The number of ether oxygens (including phenoxy) is 1. The zero-order valence-electron chi connectivity index (χ0n) is 16.0. The van der Waals surface area contributed by atoms with Crippen molar-refractivity contribution in [3.63, 3.8) is 0 Å². The van der Waals surface area contributed by atoms with Gasteiger partial charge in [-0.25, -0.2) is 0 Å². The molecule has 140 valence electrons. The summed E-state index contributed by atoms with van der Waals surface area (Å²) in [6.07, 6.45) is 0. The summed E-state index contributed by atoms with van der Waals surface area (Å²) in [4.78, 5) is 28.1. The molecule has 0 aliphatic rings. The normalized spacial score (nSPS) is 10.7. The molecule has 0 unspecified atom stereocenters. The van der Waals surface area contributed by atoms with E-state index in [1.165, 1.54) is 11.3 Å². The molecule has 0 atom stereocenters. The summed E-state index contributed by atoms with van der Waals surface area (Å²) in [6.45, 7) is 8.25. The molecule has 1 heterocycles. The number of methoxy groups -OCH3 is 1. The summed E-state index contributed by atoms with van der Waals surface area (Å²) >= 11 is 1.46. The predicted molar refractivity (Wildman–Crippen MR) is 106 cm³/mol. The summed E-state index contributed by atoms with van der Waals surface area (Å²) in [6, 6.07) is 9.74. The second-order valence-electron chi connectivity index (χ2n) is 6.35. The number of likely N-dealkylation sites (N-methyl/N-ethyl adjacent to an activating group) is 1. The molecule has 0 radical (unpaired) electrons. The maximum Gasteiger partial charge on any atom is 0.264 e. The van der Waals surface area contributed by atoms with E-state index in [0.29, 0.717) is 11.4 Å². The second kappa shape index (κ2) is 8.85. The first-order valence-corrected chi connectivity index (χ1v) is 9.50. The molecule has 1 N–H and O–H groups in total. The van der Waals surface area contributed by atoms with Crippen molar-refractivity contribution in [3.05, 3.63) is 40.1 Å². The minimum Gasteiger partial charge on any atom is -0.497 e. The van der Waals surface area contributed by atoms with Crippen molar-refractivity contribution < 1.29 is 14.3 Å². The summed E-state index contributed by atoms with van der Waals surface area (Å²) in [7, 11) is 1.64. The lowest BCUT2D eigenvalue weighted by molar-refractivity contribution is -0.122. The quantitative estimate of drug-likeness (QED) is 0.804. The number of rotatable bonds is 7. The fourth-order valence-corrected chi connectivity index (χ4v) is 3.68. The number of thiophene rings is 1. The van der Waals surface area contributed by atoms with Crippen LogP contribution in [-0.2, 0) is 4.79 Å². The molecule has 0 aliphatic carbocycles. The van der Waals surface area contributed by atoms with E-state index in [1.807, 2.05) is 58.0 Å². The molecule has 1 aromatic carbocycles. The lowest BCUT2D eigenvalue weighted by atomic mass is 10.1. The number of carbonyl (C=O) groups is 2. The molecule has 0 fully saturated rings. The van der Waals surface area contributed by atoms with Crippen molar-refractivity contribution in [1.82, 2.24) is 10.2 Å². The van der Waals surface area contributed by atoms with Gasteiger partial charge in [0.25, 0.3) is 5.91 Å². The molecule has 0 bridgehead atoms. The summed E-state index contributed by atoms with van der Waals surface area (Å²) < 4.78 is 5.19. The van der Waals surface area contributed by atoms with E-state index in [1.54, 1.807) is 12.0 Å². The predicted octanol–water partition coefficient (Wildman–Crippen LogP) is 3.72. The van der Waals surface area contributed by atoms with Crippen LogP contribution < -0.4 is 10.1 Å². The van der Waals surface area contributed by atoms with Gasteiger partial charge in [0.15, 0.2) is 0 Å². The number of amides is 2. The standard InChI is InChI=1S/C20H26N2O3S/c1-6-22(12-19(23)21-13(2)3)20(24)18-11-17(14(4)26-18)15-7-9-16(25-5)10-8-15/h7-11,13H,6,12H2,1-5H3,(H,21,23). The van der Waals surface area contributed by atoms with E-state index in [9.17, 15) is 9.59 Å². The first kappa shape index (κ1) is 20.0. The first-order valence-electron chi connectivity index (χ1n) is 8.69. The van der Waals surface area contributed by atoms with Crippen molar-refractivity contribution in [2.24, 2.45) is 0 Å². The topological polar surface area (TPSA) is 58.6 Å². The van der Waals surface area contributed by atoms with Gasteiger partial charge in [-0.2, -0.15) is 0 Å². The summed E-state index contributed by atoms with van der Waals surface area (Å²) in [5.41, 5.74) is 2.07.